The molecule has 0 radical (unpaired) electrons. The van der Waals surface area contributed by atoms with E-state index in [1.165, 1.54) is 24.3 Å². The summed E-state index contributed by atoms with van der Waals surface area (Å²) in [7, 11) is 1.89. The Morgan fingerprint density at radius 3 is 2.38 bits per heavy atom. The number of nitrogens with one attached hydrogen (secondary N) is 2. The fraction of sp³-hybridized carbons (Fsp3) is 0.160. The maximum absolute atomic E-state index is 13.1. The summed E-state index contributed by atoms with van der Waals surface area (Å²) in [6, 6.07) is 21.0. The molecule has 0 fully saturated rings. The summed E-state index contributed by atoms with van der Waals surface area (Å²) in [6.45, 7) is 1.56. The highest BCUT2D eigenvalue weighted by Gasteiger charge is 2.26. The lowest BCUT2D eigenvalue weighted by molar-refractivity contribution is -0.384. The van der Waals surface area contributed by atoms with Gasteiger partial charge >= 0.3 is 0 Å². The number of hydrogen-bond donors (Lipinski definition) is 2. The van der Waals surface area contributed by atoms with Crippen molar-refractivity contribution in [2.24, 2.45) is 7.05 Å². The predicted octanol–water partition coefficient (Wildman–Crippen LogP) is 3.51. The third-order valence-corrected chi connectivity index (χ3v) is 5.56. The van der Waals surface area contributed by atoms with Crippen molar-refractivity contribution in [1.29, 1.82) is 0 Å². The van der Waals surface area contributed by atoms with Crippen molar-refractivity contribution in [2.45, 2.75) is 19.0 Å². The van der Waals surface area contributed by atoms with E-state index in [9.17, 15) is 19.7 Å². The number of imidazole rings is 1. The zero-order valence-electron chi connectivity index (χ0n) is 18.6. The van der Waals surface area contributed by atoms with Crippen LogP contribution >= 0.6 is 0 Å². The minimum atomic E-state index is -0.896. The van der Waals surface area contributed by atoms with E-state index < -0.39 is 28.8 Å². The maximum Gasteiger partial charge on any atom is 0.270 e. The lowest BCUT2D eigenvalue weighted by Gasteiger charge is -2.22. The van der Waals surface area contributed by atoms with Gasteiger partial charge in [0.2, 0.25) is 5.91 Å². The Balaban J connectivity index is 1.57. The lowest BCUT2D eigenvalue weighted by atomic mass is 10.1. The fourth-order valence-corrected chi connectivity index (χ4v) is 3.74. The SMILES string of the molecule is CC(NC(=O)c1cccc([N+](=O)[O-])c1)C(=O)NC(c1ccccc1)c1nc2ccccc2n1C. The van der Waals surface area contributed by atoms with Crippen LogP contribution in [0.3, 0.4) is 0 Å². The van der Waals surface area contributed by atoms with Crippen LogP contribution in [0, 0.1) is 10.1 Å². The van der Waals surface area contributed by atoms with E-state index >= 15 is 0 Å². The summed E-state index contributed by atoms with van der Waals surface area (Å²) in [5.41, 5.74) is 2.48. The average Bonchev–Trinajstić information content (AvgIpc) is 3.19. The number of nitrogens with zero attached hydrogens (tertiary/aromatic N) is 3. The molecule has 1 heterocycles. The molecule has 0 saturated heterocycles. The molecule has 2 amide bonds. The largest absolute Gasteiger partial charge is 0.341 e. The van der Waals surface area contributed by atoms with Gasteiger partial charge in [-0.1, -0.05) is 48.5 Å². The predicted molar refractivity (Wildman–Crippen MR) is 127 cm³/mol. The van der Waals surface area contributed by atoms with E-state index in [0.717, 1.165) is 16.6 Å². The molecule has 2 unspecified atom stereocenters. The van der Waals surface area contributed by atoms with Crippen molar-refractivity contribution in [2.75, 3.05) is 0 Å². The van der Waals surface area contributed by atoms with Gasteiger partial charge in [0.05, 0.1) is 16.0 Å². The first kappa shape index (κ1) is 22.7. The third kappa shape index (κ3) is 4.63. The fourth-order valence-electron chi connectivity index (χ4n) is 3.74. The van der Waals surface area contributed by atoms with Crippen LogP contribution in [0.2, 0.25) is 0 Å². The number of para-hydroxylation sites is 2. The third-order valence-electron chi connectivity index (χ3n) is 5.56. The van der Waals surface area contributed by atoms with Gasteiger partial charge in [0.15, 0.2) is 0 Å². The highest BCUT2D eigenvalue weighted by Crippen LogP contribution is 2.25. The molecule has 1 aromatic heterocycles. The van der Waals surface area contributed by atoms with E-state index in [2.05, 4.69) is 10.6 Å². The second-order valence-corrected chi connectivity index (χ2v) is 7.87. The summed E-state index contributed by atoms with van der Waals surface area (Å²) in [6.07, 6.45) is 0. The van der Waals surface area contributed by atoms with Crippen LogP contribution in [0.5, 0.6) is 0 Å². The molecular formula is C25H23N5O4. The number of nitro benzene ring substituents is 1. The Hall–Kier alpha value is -4.53. The molecule has 4 rings (SSSR count). The number of benzene rings is 3. The van der Waals surface area contributed by atoms with Gasteiger partial charge in [-0.2, -0.15) is 0 Å². The summed E-state index contributed by atoms with van der Waals surface area (Å²) >= 11 is 0. The molecular weight excluding hydrogens is 434 g/mol. The minimum Gasteiger partial charge on any atom is -0.341 e. The normalized spacial score (nSPS) is 12.6. The maximum atomic E-state index is 13.1. The van der Waals surface area contributed by atoms with Gasteiger partial charge in [-0.15, -0.1) is 0 Å². The molecule has 9 nitrogen and oxygen atoms in total. The Morgan fingerprint density at radius 2 is 1.68 bits per heavy atom. The number of amides is 2. The number of carbonyl (C=O) groups is 2. The van der Waals surface area contributed by atoms with Crippen molar-refractivity contribution >= 4 is 28.5 Å². The van der Waals surface area contributed by atoms with Crippen molar-refractivity contribution in [3.05, 3.63) is 106 Å². The topological polar surface area (TPSA) is 119 Å². The molecule has 0 spiro atoms. The molecule has 0 aliphatic carbocycles. The van der Waals surface area contributed by atoms with Crippen LogP contribution in [0.25, 0.3) is 11.0 Å². The zero-order chi connectivity index (χ0) is 24.2. The number of fused-ring (bicyclic) bond motifs is 1. The summed E-state index contributed by atoms with van der Waals surface area (Å²) in [4.78, 5) is 40.8. The monoisotopic (exact) mass is 457 g/mol. The number of aryl methyl sites for hydroxylation is 1. The quantitative estimate of drug-likeness (QED) is 0.325. The van der Waals surface area contributed by atoms with Crippen LogP contribution in [0.15, 0.2) is 78.9 Å². The van der Waals surface area contributed by atoms with Gasteiger partial charge < -0.3 is 15.2 Å². The molecule has 4 aromatic rings. The Kier molecular flexibility index (Phi) is 6.35. The minimum absolute atomic E-state index is 0.101. The van der Waals surface area contributed by atoms with E-state index in [-0.39, 0.29) is 11.3 Å². The first-order valence-electron chi connectivity index (χ1n) is 10.7. The standard InChI is InChI=1S/C25H23N5O4/c1-16(26-25(32)18-11-8-12-19(15-18)30(33)34)24(31)28-22(17-9-4-3-5-10-17)23-27-20-13-6-7-14-21(20)29(23)2/h3-16,22H,1-2H3,(H,26,32)(H,28,31). The number of aromatic nitrogens is 2. The Bertz CT molecular complexity index is 1370. The van der Waals surface area contributed by atoms with E-state index in [1.807, 2.05) is 66.2 Å². The van der Waals surface area contributed by atoms with Gasteiger partial charge in [-0.3, -0.25) is 19.7 Å². The van der Waals surface area contributed by atoms with E-state index in [4.69, 9.17) is 4.98 Å². The second-order valence-electron chi connectivity index (χ2n) is 7.87. The molecule has 0 bridgehead atoms. The highest BCUT2D eigenvalue weighted by atomic mass is 16.6. The molecule has 0 aliphatic heterocycles. The van der Waals surface area contributed by atoms with Gasteiger partial charge in [-0.25, -0.2) is 4.98 Å². The number of rotatable bonds is 7. The smallest absolute Gasteiger partial charge is 0.270 e. The van der Waals surface area contributed by atoms with Crippen LogP contribution in [0.1, 0.15) is 34.7 Å². The summed E-state index contributed by atoms with van der Waals surface area (Å²) in [5, 5.41) is 16.6. The average molecular weight is 457 g/mol. The number of hydrogen-bond acceptors (Lipinski definition) is 5. The Labute approximate surface area is 195 Å². The molecule has 3 aromatic carbocycles. The number of carbonyl (C=O) groups excluding carboxylic acids is 2. The van der Waals surface area contributed by atoms with Crippen LogP contribution in [-0.2, 0) is 11.8 Å². The van der Waals surface area contributed by atoms with Crippen molar-refractivity contribution < 1.29 is 14.5 Å². The van der Waals surface area contributed by atoms with Crippen molar-refractivity contribution in [1.82, 2.24) is 20.2 Å². The second kappa shape index (κ2) is 9.53. The van der Waals surface area contributed by atoms with Gasteiger partial charge in [0, 0.05) is 24.7 Å². The van der Waals surface area contributed by atoms with Crippen molar-refractivity contribution in [3.8, 4) is 0 Å². The summed E-state index contributed by atoms with van der Waals surface area (Å²) in [5.74, 6) is -0.344. The lowest BCUT2D eigenvalue weighted by Crippen LogP contribution is -2.46. The van der Waals surface area contributed by atoms with E-state index in [1.54, 1.807) is 6.92 Å². The number of nitro groups is 1. The van der Waals surface area contributed by atoms with Crippen LogP contribution in [-0.4, -0.2) is 32.3 Å². The van der Waals surface area contributed by atoms with Crippen LogP contribution < -0.4 is 10.6 Å². The zero-order valence-corrected chi connectivity index (χ0v) is 18.6. The molecule has 172 valence electrons. The van der Waals surface area contributed by atoms with Crippen LogP contribution in [0.4, 0.5) is 5.69 Å². The molecule has 0 saturated carbocycles. The molecule has 9 heteroatoms. The molecule has 2 N–H and O–H groups in total. The first-order valence-corrected chi connectivity index (χ1v) is 10.7. The molecule has 34 heavy (non-hydrogen) atoms. The van der Waals surface area contributed by atoms with Gasteiger partial charge in [0.1, 0.15) is 17.9 Å². The number of non-ortho nitro benzene ring substituents is 1. The first-order chi connectivity index (χ1) is 16.3. The molecule has 0 aliphatic rings. The summed E-state index contributed by atoms with van der Waals surface area (Å²) < 4.78 is 1.93. The van der Waals surface area contributed by atoms with Gasteiger partial charge in [0.25, 0.3) is 11.6 Å². The van der Waals surface area contributed by atoms with E-state index in [0.29, 0.717) is 5.82 Å². The van der Waals surface area contributed by atoms with Gasteiger partial charge in [-0.05, 0) is 30.7 Å². The Morgan fingerprint density at radius 1 is 0.971 bits per heavy atom. The van der Waals surface area contributed by atoms with Crippen molar-refractivity contribution in [3.63, 3.8) is 0 Å². The highest BCUT2D eigenvalue weighted by molar-refractivity contribution is 5.98. The molecule has 2 atom stereocenters.